The van der Waals surface area contributed by atoms with E-state index in [2.05, 4.69) is 22.0 Å². The van der Waals surface area contributed by atoms with Crippen LogP contribution in [-0.2, 0) is 0 Å². The van der Waals surface area contributed by atoms with E-state index in [1.165, 1.54) is 6.42 Å². The highest BCUT2D eigenvalue weighted by Gasteiger charge is 2.34. The summed E-state index contributed by atoms with van der Waals surface area (Å²) in [4.78, 5) is 6.72. The second-order valence-corrected chi connectivity index (χ2v) is 8.67. The first-order valence-corrected chi connectivity index (χ1v) is 10.7. The molecule has 0 amide bonds. The van der Waals surface area contributed by atoms with Gasteiger partial charge in [-0.25, -0.2) is 0 Å². The smallest absolute Gasteiger partial charge is 0.257 e. The summed E-state index contributed by atoms with van der Waals surface area (Å²) in [5.41, 5.74) is 1.72. The minimum atomic E-state index is -0.949. The lowest BCUT2D eigenvalue weighted by molar-refractivity contribution is 0.0163. The zero-order valence-electron chi connectivity index (χ0n) is 17.4. The van der Waals surface area contributed by atoms with Gasteiger partial charge in [0, 0.05) is 28.7 Å². The topological polar surface area (TPSA) is 66.5 Å². The first kappa shape index (κ1) is 19.8. The predicted molar refractivity (Wildman–Crippen MR) is 123 cm³/mol. The van der Waals surface area contributed by atoms with Crippen molar-refractivity contribution in [1.82, 2.24) is 19.6 Å². The van der Waals surface area contributed by atoms with E-state index >= 15 is 0 Å². The van der Waals surface area contributed by atoms with E-state index < -0.39 is 5.60 Å². The van der Waals surface area contributed by atoms with Gasteiger partial charge in [0.2, 0.25) is 0 Å². The number of aromatic nitrogens is 4. The van der Waals surface area contributed by atoms with Crippen LogP contribution in [0.5, 0.6) is 0 Å². The van der Waals surface area contributed by atoms with Crippen molar-refractivity contribution < 1.29 is 5.11 Å². The van der Waals surface area contributed by atoms with Gasteiger partial charge in [-0.1, -0.05) is 35.9 Å². The monoisotopic (exact) mass is 431 g/mol. The Balaban J connectivity index is 1.54. The fourth-order valence-corrected chi connectivity index (χ4v) is 4.13. The lowest BCUT2D eigenvalue weighted by atomic mass is 9.74. The molecule has 6 nitrogen and oxygen atoms in total. The minimum Gasteiger partial charge on any atom is -0.378 e. The van der Waals surface area contributed by atoms with Gasteiger partial charge in [0.05, 0.1) is 5.52 Å². The number of benzene rings is 2. The number of rotatable bonds is 3. The quantitative estimate of drug-likeness (QED) is 0.480. The molecule has 5 rings (SSSR count). The van der Waals surface area contributed by atoms with E-state index in [4.69, 9.17) is 16.6 Å². The summed E-state index contributed by atoms with van der Waals surface area (Å²) in [6.45, 7) is 1.81. The summed E-state index contributed by atoms with van der Waals surface area (Å²) in [5.74, 6) is 7.75. The molecule has 0 saturated heterocycles. The molecule has 7 heteroatoms. The third-order valence-corrected chi connectivity index (χ3v) is 6.34. The van der Waals surface area contributed by atoms with Gasteiger partial charge in [-0.3, -0.25) is 4.40 Å². The highest BCUT2D eigenvalue weighted by Crippen LogP contribution is 2.36. The molecule has 2 heterocycles. The summed E-state index contributed by atoms with van der Waals surface area (Å²) in [7, 11) is 1.96. The molecule has 1 N–H and O–H groups in total. The normalized spacial score (nSPS) is 15.9. The third kappa shape index (κ3) is 3.60. The average Bonchev–Trinajstić information content (AvgIpc) is 3.19. The van der Waals surface area contributed by atoms with Crippen LogP contribution in [0.25, 0.3) is 16.7 Å². The zero-order valence-corrected chi connectivity index (χ0v) is 18.1. The van der Waals surface area contributed by atoms with Crippen LogP contribution < -0.4 is 4.90 Å². The van der Waals surface area contributed by atoms with Crippen molar-refractivity contribution >= 4 is 39.8 Å². The lowest BCUT2D eigenvalue weighted by Gasteiger charge is -2.35. The molecule has 1 atom stereocenters. The Kier molecular flexibility index (Phi) is 4.81. The Bertz CT molecular complexity index is 1350. The van der Waals surface area contributed by atoms with E-state index in [1.807, 2.05) is 65.7 Å². The number of nitrogens with zero attached hydrogens (tertiary/aromatic N) is 5. The Morgan fingerprint density at radius 3 is 2.84 bits per heavy atom. The second-order valence-electron chi connectivity index (χ2n) is 8.23. The molecule has 1 fully saturated rings. The van der Waals surface area contributed by atoms with E-state index in [9.17, 15) is 5.11 Å². The fraction of sp³-hybridized carbons (Fsp3) is 0.292. The van der Waals surface area contributed by atoms with Crippen LogP contribution in [0.15, 0.2) is 48.8 Å². The van der Waals surface area contributed by atoms with Crippen LogP contribution in [0, 0.1) is 17.8 Å². The van der Waals surface area contributed by atoms with Gasteiger partial charge < -0.3 is 10.0 Å². The Morgan fingerprint density at radius 1 is 1.23 bits per heavy atom. The summed E-state index contributed by atoms with van der Waals surface area (Å²) in [6, 6.07) is 13.6. The molecule has 4 aromatic rings. The third-order valence-electron chi connectivity index (χ3n) is 6.11. The molecule has 0 radical (unpaired) electrons. The van der Waals surface area contributed by atoms with Crippen molar-refractivity contribution in [3.8, 4) is 11.8 Å². The molecule has 0 spiro atoms. The first-order chi connectivity index (χ1) is 14.9. The second kappa shape index (κ2) is 7.52. The molecular weight excluding hydrogens is 410 g/mol. The van der Waals surface area contributed by atoms with Gasteiger partial charge in [0.15, 0.2) is 0 Å². The summed E-state index contributed by atoms with van der Waals surface area (Å²) < 4.78 is 1.82. The number of hydrogen-bond acceptors (Lipinski definition) is 5. The van der Waals surface area contributed by atoms with Crippen molar-refractivity contribution in [1.29, 1.82) is 0 Å². The van der Waals surface area contributed by atoms with Gasteiger partial charge in [-0.05, 0) is 62.1 Å². The van der Waals surface area contributed by atoms with Crippen molar-refractivity contribution in [3.05, 3.63) is 59.4 Å². The highest BCUT2D eigenvalue weighted by atomic mass is 35.5. The molecule has 31 heavy (non-hydrogen) atoms. The minimum absolute atomic E-state index is 0.267. The summed E-state index contributed by atoms with van der Waals surface area (Å²) >= 11 is 6.24. The molecular formula is C24H22ClN5O. The standard InChI is InChI=1S/C24H22ClN5O/c1-24(31,17-6-4-7-17)12-11-16-5-3-8-19(13-16)29(2)22-20-10-9-18(25)14-21(20)30-15-26-28-23(30)27-22/h3,5,8-10,13-15,17,31H,4,6-7H2,1-2H3. The molecule has 1 saturated carbocycles. The maximum Gasteiger partial charge on any atom is 0.257 e. The molecule has 156 valence electrons. The van der Waals surface area contributed by atoms with E-state index in [0.717, 1.165) is 40.8 Å². The maximum atomic E-state index is 10.7. The Hall–Kier alpha value is -3.14. The van der Waals surface area contributed by atoms with Crippen LogP contribution in [0.2, 0.25) is 5.02 Å². The summed E-state index contributed by atoms with van der Waals surface area (Å²) in [6.07, 6.45) is 4.89. The van der Waals surface area contributed by atoms with Crippen molar-refractivity contribution in [3.63, 3.8) is 0 Å². The maximum absolute atomic E-state index is 10.7. The lowest BCUT2D eigenvalue weighted by Crippen LogP contribution is -2.37. The van der Waals surface area contributed by atoms with Gasteiger partial charge in [-0.15, -0.1) is 10.2 Å². The van der Waals surface area contributed by atoms with Gasteiger partial charge >= 0.3 is 0 Å². The summed E-state index contributed by atoms with van der Waals surface area (Å²) in [5, 5.41) is 20.3. The first-order valence-electron chi connectivity index (χ1n) is 10.3. The number of aliphatic hydroxyl groups is 1. The zero-order chi connectivity index (χ0) is 21.6. The van der Waals surface area contributed by atoms with Crippen molar-refractivity contribution in [2.45, 2.75) is 31.8 Å². The van der Waals surface area contributed by atoms with Crippen LogP contribution in [0.4, 0.5) is 11.5 Å². The van der Waals surface area contributed by atoms with Crippen LogP contribution in [-0.4, -0.2) is 37.3 Å². The van der Waals surface area contributed by atoms with Crippen LogP contribution in [0.3, 0.4) is 0 Å². The molecule has 1 aliphatic rings. The van der Waals surface area contributed by atoms with Gasteiger partial charge in [0.1, 0.15) is 17.7 Å². The van der Waals surface area contributed by atoms with E-state index in [1.54, 1.807) is 6.33 Å². The average molecular weight is 432 g/mol. The number of fused-ring (bicyclic) bond motifs is 3. The molecule has 2 aromatic heterocycles. The highest BCUT2D eigenvalue weighted by molar-refractivity contribution is 6.31. The van der Waals surface area contributed by atoms with Crippen LogP contribution in [0.1, 0.15) is 31.7 Å². The molecule has 2 aromatic carbocycles. The predicted octanol–water partition coefficient (Wildman–Crippen LogP) is 4.60. The Morgan fingerprint density at radius 2 is 2.06 bits per heavy atom. The molecule has 0 bridgehead atoms. The number of halogens is 1. The molecule has 0 aliphatic heterocycles. The SMILES string of the molecule is CN(c1cccc(C#CC(C)(O)C2CCC2)c1)c1nc2nncn2c2cc(Cl)ccc12. The Labute approximate surface area is 185 Å². The fourth-order valence-electron chi connectivity index (χ4n) is 3.96. The van der Waals surface area contributed by atoms with Crippen LogP contribution >= 0.6 is 11.6 Å². The molecule has 1 unspecified atom stereocenters. The van der Waals surface area contributed by atoms with Gasteiger partial charge in [0.25, 0.3) is 5.78 Å². The largest absolute Gasteiger partial charge is 0.378 e. The number of anilines is 2. The van der Waals surface area contributed by atoms with Crippen molar-refractivity contribution in [2.75, 3.05) is 11.9 Å². The van der Waals surface area contributed by atoms with E-state index in [0.29, 0.717) is 10.8 Å². The van der Waals surface area contributed by atoms with E-state index in [-0.39, 0.29) is 5.92 Å². The number of hydrogen-bond donors (Lipinski definition) is 1. The molecule has 1 aliphatic carbocycles. The van der Waals surface area contributed by atoms with Crippen molar-refractivity contribution in [2.24, 2.45) is 5.92 Å². The van der Waals surface area contributed by atoms with Gasteiger partial charge in [-0.2, -0.15) is 4.98 Å².